The number of nitrogens with zero attached hydrogens (tertiary/aromatic N) is 3. The van der Waals surface area contributed by atoms with Crippen molar-refractivity contribution >= 4 is 39.9 Å². The number of rotatable bonds is 8. The van der Waals surface area contributed by atoms with E-state index in [0.29, 0.717) is 36.0 Å². The van der Waals surface area contributed by atoms with E-state index >= 15 is 0 Å². The van der Waals surface area contributed by atoms with E-state index in [1.165, 1.54) is 12.1 Å². The van der Waals surface area contributed by atoms with Crippen molar-refractivity contribution in [3.63, 3.8) is 0 Å². The van der Waals surface area contributed by atoms with E-state index in [0.717, 1.165) is 22.3 Å². The minimum atomic E-state index is -0.392. The lowest BCUT2D eigenvalue weighted by atomic mass is 10.1. The zero-order chi connectivity index (χ0) is 23.2. The fourth-order valence-corrected chi connectivity index (χ4v) is 3.79. The van der Waals surface area contributed by atoms with Crippen LogP contribution in [-0.4, -0.2) is 22.4 Å². The second-order valence-corrected chi connectivity index (χ2v) is 8.13. The van der Waals surface area contributed by atoms with Crippen molar-refractivity contribution in [2.75, 3.05) is 16.8 Å². The highest BCUT2D eigenvalue weighted by atomic mass is 35.5. The van der Waals surface area contributed by atoms with Crippen LogP contribution in [0.5, 0.6) is 0 Å². The van der Waals surface area contributed by atoms with Gasteiger partial charge in [0.25, 0.3) is 0 Å². The molecule has 7 heteroatoms. The fourth-order valence-electron chi connectivity index (χ4n) is 3.62. The third kappa shape index (κ3) is 5.84. The van der Waals surface area contributed by atoms with E-state index in [1.54, 1.807) is 12.1 Å². The molecule has 4 rings (SSSR count). The summed E-state index contributed by atoms with van der Waals surface area (Å²) in [4.78, 5) is 24.2. The number of aryl methyl sites for hydroxylation is 1. The summed E-state index contributed by atoms with van der Waals surface area (Å²) >= 11 is 6.21. The molecule has 168 valence electrons. The average molecular weight is 463 g/mol. The largest absolute Gasteiger partial charge is 0.351 e. The molecule has 0 saturated heterocycles. The number of nitrogens with one attached hydrogen (secondary N) is 1. The Morgan fingerprint density at radius 2 is 1.85 bits per heavy atom. The highest BCUT2D eigenvalue weighted by Gasteiger charge is 2.17. The van der Waals surface area contributed by atoms with Crippen LogP contribution in [0.3, 0.4) is 0 Å². The molecule has 0 bridgehead atoms. The molecule has 3 aromatic carbocycles. The topological polar surface area (TPSA) is 58.1 Å². The molecule has 0 saturated carbocycles. The first-order valence-electron chi connectivity index (χ1n) is 10.8. The molecule has 1 amide bonds. The van der Waals surface area contributed by atoms with E-state index < -0.39 is 5.82 Å². The molecular weight excluding hydrogens is 439 g/mol. The maximum absolute atomic E-state index is 13.5. The van der Waals surface area contributed by atoms with Gasteiger partial charge in [0.2, 0.25) is 5.91 Å². The summed E-state index contributed by atoms with van der Waals surface area (Å²) in [6.45, 7) is 3.00. The van der Waals surface area contributed by atoms with Crippen molar-refractivity contribution < 1.29 is 9.18 Å². The van der Waals surface area contributed by atoms with Gasteiger partial charge in [0.15, 0.2) is 0 Å². The van der Waals surface area contributed by atoms with Crippen LogP contribution in [0, 0.1) is 5.82 Å². The summed E-state index contributed by atoms with van der Waals surface area (Å²) in [5.41, 5.74) is 2.30. The predicted molar refractivity (Wildman–Crippen MR) is 131 cm³/mol. The summed E-state index contributed by atoms with van der Waals surface area (Å²) in [7, 11) is 0. The Kier molecular flexibility index (Phi) is 7.15. The highest BCUT2D eigenvalue weighted by Crippen LogP contribution is 2.28. The number of anilines is 2. The fraction of sp³-hybridized carbons (Fsp3) is 0.192. The van der Waals surface area contributed by atoms with Crippen LogP contribution in [0.1, 0.15) is 24.7 Å². The number of hydrogen-bond acceptors (Lipinski definition) is 4. The third-order valence-corrected chi connectivity index (χ3v) is 5.47. The molecule has 1 heterocycles. The molecule has 1 aromatic heterocycles. The number of aromatic nitrogens is 2. The predicted octanol–water partition coefficient (Wildman–Crippen LogP) is 6.02. The van der Waals surface area contributed by atoms with Gasteiger partial charge >= 0.3 is 0 Å². The van der Waals surface area contributed by atoms with Crippen LogP contribution in [0.15, 0.2) is 72.8 Å². The van der Waals surface area contributed by atoms with Crippen LogP contribution < -0.4 is 10.2 Å². The zero-order valence-corrected chi connectivity index (χ0v) is 19.0. The van der Waals surface area contributed by atoms with Gasteiger partial charge in [-0.3, -0.25) is 4.79 Å². The lowest BCUT2D eigenvalue weighted by molar-refractivity contribution is -0.116. The van der Waals surface area contributed by atoms with Crippen molar-refractivity contribution in [2.45, 2.75) is 26.3 Å². The van der Waals surface area contributed by atoms with Gasteiger partial charge in [-0.1, -0.05) is 54.9 Å². The minimum absolute atomic E-state index is 0.198. The number of benzene rings is 3. The molecule has 0 aliphatic carbocycles. The molecule has 0 atom stereocenters. The van der Waals surface area contributed by atoms with Gasteiger partial charge in [-0.15, -0.1) is 0 Å². The summed E-state index contributed by atoms with van der Waals surface area (Å²) in [5.74, 6) is 0.880. The normalized spacial score (nSPS) is 10.9. The van der Waals surface area contributed by atoms with Crippen molar-refractivity contribution in [1.29, 1.82) is 0 Å². The number of carbonyl (C=O) groups excluding carboxylic acids is 1. The summed E-state index contributed by atoms with van der Waals surface area (Å²) in [5, 5.41) is 4.25. The summed E-state index contributed by atoms with van der Waals surface area (Å²) in [6, 6.07) is 21.5. The van der Waals surface area contributed by atoms with Crippen molar-refractivity contribution in [2.24, 2.45) is 0 Å². The molecule has 5 nitrogen and oxygen atoms in total. The van der Waals surface area contributed by atoms with Crippen LogP contribution in [0.4, 0.5) is 15.9 Å². The van der Waals surface area contributed by atoms with Gasteiger partial charge in [-0.2, -0.15) is 0 Å². The average Bonchev–Trinajstić information content (AvgIpc) is 2.81. The Balaban J connectivity index is 1.63. The Morgan fingerprint density at radius 1 is 1.03 bits per heavy atom. The second-order valence-electron chi connectivity index (χ2n) is 7.69. The van der Waals surface area contributed by atoms with Crippen molar-refractivity contribution in [1.82, 2.24) is 9.97 Å². The third-order valence-electron chi connectivity index (χ3n) is 5.23. The first-order valence-corrected chi connectivity index (χ1v) is 11.2. The quantitative estimate of drug-likeness (QED) is 0.348. The molecule has 0 aliphatic heterocycles. The zero-order valence-electron chi connectivity index (χ0n) is 18.3. The van der Waals surface area contributed by atoms with Crippen molar-refractivity contribution in [3.05, 3.63) is 95.0 Å². The Morgan fingerprint density at radius 3 is 2.61 bits per heavy atom. The number of fused-ring (bicyclic) bond motifs is 1. The smallest absolute Gasteiger partial charge is 0.226 e. The van der Waals surface area contributed by atoms with Gasteiger partial charge in [-0.05, 0) is 42.0 Å². The monoisotopic (exact) mass is 462 g/mol. The molecule has 4 aromatic rings. The van der Waals surface area contributed by atoms with Gasteiger partial charge in [0, 0.05) is 42.0 Å². The number of hydrogen-bond donors (Lipinski definition) is 1. The number of carbonyl (C=O) groups is 1. The Labute approximate surface area is 197 Å². The first-order chi connectivity index (χ1) is 16.0. The van der Waals surface area contributed by atoms with E-state index in [4.69, 9.17) is 16.6 Å². The Bertz CT molecular complexity index is 1270. The van der Waals surface area contributed by atoms with Crippen LogP contribution >= 0.6 is 11.6 Å². The van der Waals surface area contributed by atoms with E-state index in [9.17, 15) is 9.18 Å². The van der Waals surface area contributed by atoms with E-state index in [1.807, 2.05) is 55.5 Å². The standard InChI is InChI=1S/C26H24ClFN4O/c1-2-24-30-23-15-19(27)11-12-22(23)26(31-24)32(17-18-7-4-3-5-8-18)14-13-25(33)29-21-10-6-9-20(28)16-21/h3-12,15-16H,2,13-14,17H2,1H3,(H,29,33). The number of amides is 1. The second kappa shape index (κ2) is 10.4. The molecule has 33 heavy (non-hydrogen) atoms. The number of halogens is 2. The molecule has 1 N–H and O–H groups in total. The summed E-state index contributed by atoms with van der Waals surface area (Å²) in [6.07, 6.45) is 0.887. The lowest BCUT2D eigenvalue weighted by Crippen LogP contribution is -2.29. The molecule has 0 spiro atoms. The lowest BCUT2D eigenvalue weighted by Gasteiger charge is -2.25. The van der Waals surface area contributed by atoms with Gasteiger partial charge < -0.3 is 10.2 Å². The Hall–Kier alpha value is -3.51. The van der Waals surface area contributed by atoms with Crippen LogP contribution in [0.25, 0.3) is 10.9 Å². The summed E-state index contributed by atoms with van der Waals surface area (Å²) < 4.78 is 13.5. The maximum atomic E-state index is 13.5. The van der Waals surface area contributed by atoms with Crippen LogP contribution in [-0.2, 0) is 17.8 Å². The molecule has 0 unspecified atom stereocenters. The highest BCUT2D eigenvalue weighted by molar-refractivity contribution is 6.31. The first kappa shape index (κ1) is 22.7. The minimum Gasteiger partial charge on any atom is -0.351 e. The molecule has 0 aliphatic rings. The van der Waals surface area contributed by atoms with E-state index in [2.05, 4.69) is 15.2 Å². The molecular formula is C26H24ClFN4O. The SMILES string of the molecule is CCc1nc(N(CCC(=O)Nc2cccc(F)c2)Cc2ccccc2)c2ccc(Cl)cc2n1. The van der Waals surface area contributed by atoms with Crippen molar-refractivity contribution in [3.8, 4) is 0 Å². The maximum Gasteiger partial charge on any atom is 0.226 e. The van der Waals surface area contributed by atoms with E-state index in [-0.39, 0.29) is 12.3 Å². The van der Waals surface area contributed by atoms with Crippen LogP contribution in [0.2, 0.25) is 5.02 Å². The van der Waals surface area contributed by atoms with Gasteiger partial charge in [0.1, 0.15) is 17.5 Å². The molecule has 0 fully saturated rings. The van der Waals surface area contributed by atoms with Gasteiger partial charge in [0.05, 0.1) is 5.52 Å². The molecule has 0 radical (unpaired) electrons. The van der Waals surface area contributed by atoms with Gasteiger partial charge in [-0.25, -0.2) is 14.4 Å².